The zero-order valence-electron chi connectivity index (χ0n) is 12.9. The Labute approximate surface area is 144 Å². The Balaban J connectivity index is 0.00000264. The van der Waals surface area contributed by atoms with Crippen LogP contribution in [-0.2, 0) is 19.9 Å². The van der Waals surface area contributed by atoms with Crippen molar-refractivity contribution < 1.29 is 16.8 Å². The third kappa shape index (κ3) is 4.67. The molecule has 132 valence electrons. The van der Waals surface area contributed by atoms with E-state index in [9.17, 15) is 16.8 Å². The van der Waals surface area contributed by atoms with Crippen molar-refractivity contribution >= 4 is 32.3 Å². The van der Waals surface area contributed by atoms with Gasteiger partial charge in [0.25, 0.3) is 0 Å². The average Bonchev–Trinajstić information content (AvgIpc) is 2.94. The number of halogens is 1. The van der Waals surface area contributed by atoms with Crippen LogP contribution < -0.4 is 10.5 Å². The molecule has 0 bridgehead atoms. The number of rotatable bonds is 6. The van der Waals surface area contributed by atoms with E-state index in [2.05, 4.69) is 4.72 Å². The molecule has 0 heterocycles. The van der Waals surface area contributed by atoms with Crippen LogP contribution in [0.3, 0.4) is 0 Å². The molecule has 9 heteroatoms. The lowest BCUT2D eigenvalue weighted by Crippen LogP contribution is -2.39. The molecule has 1 saturated carbocycles. The van der Waals surface area contributed by atoms with Gasteiger partial charge in [-0.15, -0.1) is 12.4 Å². The van der Waals surface area contributed by atoms with Crippen molar-refractivity contribution in [2.45, 2.75) is 42.0 Å². The molecule has 1 aliphatic carbocycles. The highest BCUT2D eigenvalue weighted by Gasteiger charge is 2.30. The number of sulfone groups is 1. The molecule has 0 spiro atoms. The number of nitrogens with two attached hydrogens (primary N) is 1. The van der Waals surface area contributed by atoms with E-state index in [0.29, 0.717) is 6.54 Å². The molecule has 23 heavy (non-hydrogen) atoms. The molecule has 0 radical (unpaired) electrons. The second-order valence-corrected chi connectivity index (χ2v) is 9.52. The molecule has 3 N–H and O–H groups in total. The van der Waals surface area contributed by atoms with E-state index in [-0.39, 0.29) is 39.9 Å². The normalized spacial score (nSPS) is 21.8. The molecule has 0 amide bonds. The molecular weight excluding hydrogens is 360 g/mol. The van der Waals surface area contributed by atoms with E-state index in [0.717, 1.165) is 19.3 Å². The number of benzene rings is 1. The molecule has 1 aliphatic rings. The second kappa shape index (κ2) is 7.94. The summed E-state index contributed by atoms with van der Waals surface area (Å²) in [5, 5.41) is 0. The van der Waals surface area contributed by atoms with Crippen LogP contribution in [0.25, 0.3) is 0 Å². The Kier molecular flexibility index (Phi) is 7.03. The first kappa shape index (κ1) is 20.4. The van der Waals surface area contributed by atoms with Gasteiger partial charge in [-0.1, -0.05) is 19.4 Å². The standard InChI is InChI=1S/C14H22N2O4S2.ClH/c1-2-21(17,18)12-6-4-7-13(9-12)22(19,20)16-14-8-3-5-11(14)10-15;/h4,6-7,9,11,14,16H,2-3,5,8,10,15H2,1H3;1H. The maximum Gasteiger partial charge on any atom is 0.240 e. The van der Waals surface area contributed by atoms with Gasteiger partial charge in [-0.3, -0.25) is 0 Å². The van der Waals surface area contributed by atoms with Crippen LogP contribution in [0.2, 0.25) is 0 Å². The highest BCUT2D eigenvalue weighted by atomic mass is 35.5. The van der Waals surface area contributed by atoms with Gasteiger partial charge >= 0.3 is 0 Å². The topological polar surface area (TPSA) is 106 Å². The molecule has 0 saturated heterocycles. The summed E-state index contributed by atoms with van der Waals surface area (Å²) in [7, 11) is -7.18. The van der Waals surface area contributed by atoms with Gasteiger partial charge in [0.15, 0.2) is 9.84 Å². The zero-order chi connectivity index (χ0) is 16.4. The Bertz CT molecular complexity index is 735. The van der Waals surface area contributed by atoms with Gasteiger partial charge in [0.05, 0.1) is 15.5 Å². The maximum atomic E-state index is 12.5. The SMILES string of the molecule is CCS(=O)(=O)c1cccc(S(=O)(=O)NC2CCCC2CN)c1.Cl. The first-order valence-corrected chi connectivity index (χ1v) is 10.5. The Morgan fingerprint density at radius 2 is 1.83 bits per heavy atom. The van der Waals surface area contributed by atoms with E-state index in [1.165, 1.54) is 31.2 Å². The van der Waals surface area contributed by atoms with Gasteiger partial charge in [0.2, 0.25) is 10.0 Å². The number of hydrogen-bond donors (Lipinski definition) is 2. The average molecular weight is 383 g/mol. The Morgan fingerprint density at radius 3 is 2.43 bits per heavy atom. The highest BCUT2D eigenvalue weighted by Crippen LogP contribution is 2.26. The van der Waals surface area contributed by atoms with Gasteiger partial charge in [-0.2, -0.15) is 0 Å². The van der Waals surface area contributed by atoms with E-state index in [1.807, 2.05) is 0 Å². The van der Waals surface area contributed by atoms with Crippen molar-refractivity contribution in [1.29, 1.82) is 0 Å². The smallest absolute Gasteiger partial charge is 0.240 e. The van der Waals surface area contributed by atoms with Gasteiger partial charge in [-0.25, -0.2) is 21.6 Å². The van der Waals surface area contributed by atoms with Crippen molar-refractivity contribution in [3.63, 3.8) is 0 Å². The Morgan fingerprint density at radius 1 is 1.17 bits per heavy atom. The first-order valence-electron chi connectivity index (χ1n) is 7.35. The van der Waals surface area contributed by atoms with Crippen LogP contribution in [0, 0.1) is 5.92 Å². The zero-order valence-corrected chi connectivity index (χ0v) is 15.4. The number of sulfonamides is 1. The van der Waals surface area contributed by atoms with Crippen LogP contribution >= 0.6 is 12.4 Å². The minimum atomic E-state index is -3.75. The number of hydrogen-bond acceptors (Lipinski definition) is 5. The summed E-state index contributed by atoms with van der Waals surface area (Å²) < 4.78 is 51.4. The molecule has 6 nitrogen and oxygen atoms in total. The molecule has 0 aromatic heterocycles. The van der Waals surface area contributed by atoms with E-state index in [1.54, 1.807) is 0 Å². The summed E-state index contributed by atoms with van der Waals surface area (Å²) >= 11 is 0. The lowest BCUT2D eigenvalue weighted by atomic mass is 10.1. The monoisotopic (exact) mass is 382 g/mol. The van der Waals surface area contributed by atoms with E-state index < -0.39 is 19.9 Å². The predicted octanol–water partition coefficient (Wildman–Crippen LogP) is 1.31. The van der Waals surface area contributed by atoms with Gasteiger partial charge in [0.1, 0.15) is 0 Å². The lowest BCUT2D eigenvalue weighted by molar-refractivity contribution is 0.453. The quantitative estimate of drug-likeness (QED) is 0.771. The molecule has 1 fully saturated rings. The van der Waals surface area contributed by atoms with Gasteiger partial charge in [0, 0.05) is 6.04 Å². The third-order valence-electron chi connectivity index (χ3n) is 4.12. The maximum absolute atomic E-state index is 12.5. The van der Waals surface area contributed by atoms with Crippen LogP contribution in [0.5, 0.6) is 0 Å². The molecule has 1 aromatic carbocycles. The van der Waals surface area contributed by atoms with Gasteiger partial charge < -0.3 is 5.73 Å². The third-order valence-corrected chi connectivity index (χ3v) is 7.34. The van der Waals surface area contributed by atoms with Crippen molar-refractivity contribution in [3.8, 4) is 0 Å². The summed E-state index contributed by atoms with van der Waals surface area (Å²) in [6.45, 7) is 1.97. The largest absolute Gasteiger partial charge is 0.330 e. The predicted molar refractivity (Wildman–Crippen MR) is 91.9 cm³/mol. The fourth-order valence-corrected chi connectivity index (χ4v) is 5.13. The summed E-state index contributed by atoms with van der Waals surface area (Å²) in [5.41, 5.74) is 5.67. The van der Waals surface area contributed by atoms with Crippen molar-refractivity contribution in [3.05, 3.63) is 24.3 Å². The van der Waals surface area contributed by atoms with Crippen LogP contribution in [0.1, 0.15) is 26.2 Å². The summed E-state index contributed by atoms with van der Waals surface area (Å²) in [6.07, 6.45) is 2.61. The van der Waals surface area contributed by atoms with Crippen molar-refractivity contribution in [2.24, 2.45) is 11.7 Å². The van der Waals surface area contributed by atoms with Crippen molar-refractivity contribution in [1.82, 2.24) is 4.72 Å². The molecule has 0 aliphatic heterocycles. The van der Waals surface area contributed by atoms with Gasteiger partial charge in [-0.05, 0) is 43.5 Å². The van der Waals surface area contributed by atoms with E-state index in [4.69, 9.17) is 5.73 Å². The minimum absolute atomic E-state index is 0. The van der Waals surface area contributed by atoms with Crippen LogP contribution in [-0.4, -0.2) is 35.2 Å². The van der Waals surface area contributed by atoms with E-state index >= 15 is 0 Å². The Hall–Kier alpha value is -0.670. The molecule has 2 rings (SSSR count). The highest BCUT2D eigenvalue weighted by molar-refractivity contribution is 7.91. The summed E-state index contributed by atoms with van der Waals surface area (Å²) in [4.78, 5) is 0.00404. The molecule has 2 atom stereocenters. The first-order chi connectivity index (χ1) is 10.3. The fourth-order valence-electron chi connectivity index (χ4n) is 2.74. The summed E-state index contributed by atoms with van der Waals surface area (Å²) in [5.74, 6) is 0.0688. The second-order valence-electron chi connectivity index (χ2n) is 5.53. The van der Waals surface area contributed by atoms with Crippen LogP contribution in [0.15, 0.2) is 34.1 Å². The molecule has 2 unspecified atom stereocenters. The number of nitrogens with one attached hydrogen (secondary N) is 1. The fraction of sp³-hybridized carbons (Fsp3) is 0.571. The molecular formula is C14H23ClN2O4S2. The van der Waals surface area contributed by atoms with Crippen LogP contribution in [0.4, 0.5) is 0 Å². The van der Waals surface area contributed by atoms with Crippen molar-refractivity contribution in [2.75, 3.05) is 12.3 Å². The lowest BCUT2D eigenvalue weighted by Gasteiger charge is -2.19. The molecule has 1 aromatic rings. The summed E-state index contributed by atoms with van der Waals surface area (Å²) in [6, 6.07) is 5.31. The minimum Gasteiger partial charge on any atom is -0.330 e.